The first-order valence-corrected chi connectivity index (χ1v) is 7.23. The van der Waals surface area contributed by atoms with Crippen molar-refractivity contribution in [3.8, 4) is 11.5 Å². The van der Waals surface area contributed by atoms with Gasteiger partial charge in [-0.1, -0.05) is 17.7 Å². The number of amides is 1. The summed E-state index contributed by atoms with van der Waals surface area (Å²) in [5.74, 6) is 1.44. The van der Waals surface area contributed by atoms with E-state index >= 15 is 0 Å². The van der Waals surface area contributed by atoms with Gasteiger partial charge in [-0.25, -0.2) is 0 Å². The summed E-state index contributed by atoms with van der Waals surface area (Å²) in [6.45, 7) is 4.29. The van der Waals surface area contributed by atoms with Gasteiger partial charge in [0.1, 0.15) is 18.1 Å². The number of aryl methyl sites for hydroxylation is 1. The second kappa shape index (κ2) is 7.50. The zero-order valence-corrected chi connectivity index (χ0v) is 13.1. The Morgan fingerprint density at radius 2 is 1.82 bits per heavy atom. The maximum Gasteiger partial charge on any atom is 0.251 e. The van der Waals surface area contributed by atoms with Crippen LogP contribution in [0.3, 0.4) is 0 Å². The Kier molecular flexibility index (Phi) is 5.42. The van der Waals surface area contributed by atoms with Crippen molar-refractivity contribution in [3.05, 3.63) is 59.7 Å². The summed E-state index contributed by atoms with van der Waals surface area (Å²) in [6, 6.07) is 14.8. The van der Waals surface area contributed by atoms with Crippen LogP contribution in [0.2, 0.25) is 0 Å². The summed E-state index contributed by atoms with van der Waals surface area (Å²) in [7, 11) is 1.62. The van der Waals surface area contributed by atoms with Crippen LogP contribution in [0.1, 0.15) is 22.8 Å². The molecule has 0 aromatic heterocycles. The van der Waals surface area contributed by atoms with Gasteiger partial charge in [-0.15, -0.1) is 0 Å². The molecule has 22 heavy (non-hydrogen) atoms. The van der Waals surface area contributed by atoms with Gasteiger partial charge in [0.05, 0.1) is 13.2 Å². The van der Waals surface area contributed by atoms with Crippen LogP contribution in [0.25, 0.3) is 0 Å². The minimum absolute atomic E-state index is 0.0879. The standard InChI is InChI=1S/C18H21NO3/c1-13-5-4-6-15(11-13)18(20)19-14(2)12-22-17-9-7-16(21-3)8-10-17/h4-11,14H,12H2,1-3H3,(H,19,20). The maximum atomic E-state index is 12.1. The van der Waals surface area contributed by atoms with Gasteiger partial charge in [-0.05, 0) is 50.2 Å². The summed E-state index contributed by atoms with van der Waals surface area (Å²) < 4.78 is 10.8. The molecule has 1 atom stereocenters. The smallest absolute Gasteiger partial charge is 0.251 e. The molecule has 0 fully saturated rings. The van der Waals surface area contributed by atoms with Gasteiger partial charge in [0.2, 0.25) is 0 Å². The normalized spacial score (nSPS) is 11.6. The van der Waals surface area contributed by atoms with E-state index in [0.29, 0.717) is 12.2 Å². The van der Waals surface area contributed by atoms with Crippen LogP contribution in [0, 0.1) is 6.92 Å². The third kappa shape index (κ3) is 4.52. The molecule has 0 radical (unpaired) electrons. The zero-order valence-electron chi connectivity index (χ0n) is 13.1. The highest BCUT2D eigenvalue weighted by molar-refractivity contribution is 5.94. The third-order valence-corrected chi connectivity index (χ3v) is 3.22. The fraction of sp³-hybridized carbons (Fsp3) is 0.278. The van der Waals surface area contributed by atoms with E-state index in [2.05, 4.69) is 5.32 Å². The number of hydrogen-bond donors (Lipinski definition) is 1. The Labute approximate surface area is 131 Å². The number of hydrogen-bond acceptors (Lipinski definition) is 3. The SMILES string of the molecule is COc1ccc(OCC(C)NC(=O)c2cccc(C)c2)cc1. The Balaban J connectivity index is 1.84. The Bertz CT molecular complexity index is 622. The molecule has 2 aromatic rings. The first-order valence-electron chi connectivity index (χ1n) is 7.23. The van der Waals surface area contributed by atoms with Crippen molar-refractivity contribution in [1.82, 2.24) is 5.32 Å². The van der Waals surface area contributed by atoms with Gasteiger partial charge in [0, 0.05) is 5.56 Å². The molecule has 4 nitrogen and oxygen atoms in total. The van der Waals surface area contributed by atoms with Crippen molar-refractivity contribution in [3.63, 3.8) is 0 Å². The molecule has 0 aliphatic rings. The van der Waals surface area contributed by atoms with Crippen molar-refractivity contribution in [2.24, 2.45) is 0 Å². The Morgan fingerprint density at radius 3 is 2.45 bits per heavy atom. The lowest BCUT2D eigenvalue weighted by molar-refractivity contribution is 0.0926. The van der Waals surface area contributed by atoms with Crippen molar-refractivity contribution < 1.29 is 14.3 Å². The van der Waals surface area contributed by atoms with Crippen LogP contribution in [0.4, 0.5) is 0 Å². The molecule has 0 spiro atoms. The van der Waals surface area contributed by atoms with E-state index in [-0.39, 0.29) is 11.9 Å². The molecule has 0 saturated heterocycles. The van der Waals surface area contributed by atoms with Crippen molar-refractivity contribution in [2.45, 2.75) is 19.9 Å². The van der Waals surface area contributed by atoms with Crippen molar-refractivity contribution in [1.29, 1.82) is 0 Å². The number of benzene rings is 2. The minimum Gasteiger partial charge on any atom is -0.497 e. The zero-order chi connectivity index (χ0) is 15.9. The second-order valence-corrected chi connectivity index (χ2v) is 5.23. The predicted molar refractivity (Wildman–Crippen MR) is 86.6 cm³/mol. The van der Waals surface area contributed by atoms with Crippen LogP contribution >= 0.6 is 0 Å². The Hall–Kier alpha value is -2.49. The molecule has 2 aromatic carbocycles. The second-order valence-electron chi connectivity index (χ2n) is 5.23. The topological polar surface area (TPSA) is 47.6 Å². The fourth-order valence-corrected chi connectivity index (χ4v) is 2.03. The fourth-order valence-electron chi connectivity index (χ4n) is 2.03. The van der Waals surface area contributed by atoms with E-state index in [0.717, 1.165) is 17.1 Å². The van der Waals surface area contributed by atoms with E-state index in [1.54, 1.807) is 13.2 Å². The first kappa shape index (κ1) is 15.9. The molecular formula is C18H21NO3. The van der Waals surface area contributed by atoms with Crippen LogP contribution in [0.5, 0.6) is 11.5 Å². The van der Waals surface area contributed by atoms with Gasteiger partial charge in [-0.2, -0.15) is 0 Å². The summed E-state index contributed by atoms with van der Waals surface area (Å²) in [6.07, 6.45) is 0. The molecule has 0 heterocycles. The van der Waals surface area contributed by atoms with Gasteiger partial charge < -0.3 is 14.8 Å². The molecule has 4 heteroatoms. The molecule has 1 N–H and O–H groups in total. The largest absolute Gasteiger partial charge is 0.497 e. The van der Waals surface area contributed by atoms with E-state index in [1.807, 2.05) is 56.3 Å². The highest BCUT2D eigenvalue weighted by atomic mass is 16.5. The lowest BCUT2D eigenvalue weighted by Crippen LogP contribution is -2.36. The van der Waals surface area contributed by atoms with Gasteiger partial charge >= 0.3 is 0 Å². The summed E-state index contributed by atoms with van der Waals surface area (Å²) in [5, 5.41) is 2.93. The van der Waals surface area contributed by atoms with Crippen LogP contribution in [-0.2, 0) is 0 Å². The van der Waals surface area contributed by atoms with Gasteiger partial charge in [0.25, 0.3) is 5.91 Å². The molecule has 0 saturated carbocycles. The van der Waals surface area contributed by atoms with E-state index in [4.69, 9.17) is 9.47 Å². The number of ether oxygens (including phenoxy) is 2. The van der Waals surface area contributed by atoms with E-state index in [1.165, 1.54) is 0 Å². The first-order chi connectivity index (χ1) is 10.6. The van der Waals surface area contributed by atoms with Crippen LogP contribution < -0.4 is 14.8 Å². The predicted octanol–water partition coefficient (Wildman–Crippen LogP) is 3.20. The van der Waals surface area contributed by atoms with Gasteiger partial charge in [-0.3, -0.25) is 4.79 Å². The van der Waals surface area contributed by atoms with E-state index < -0.39 is 0 Å². The number of nitrogens with one attached hydrogen (secondary N) is 1. The quantitative estimate of drug-likeness (QED) is 0.891. The third-order valence-electron chi connectivity index (χ3n) is 3.22. The van der Waals surface area contributed by atoms with Crippen LogP contribution in [0.15, 0.2) is 48.5 Å². The molecule has 0 bridgehead atoms. The van der Waals surface area contributed by atoms with Gasteiger partial charge in [0.15, 0.2) is 0 Å². The van der Waals surface area contributed by atoms with Crippen molar-refractivity contribution in [2.75, 3.05) is 13.7 Å². The number of carbonyl (C=O) groups excluding carboxylic acids is 1. The monoisotopic (exact) mass is 299 g/mol. The van der Waals surface area contributed by atoms with E-state index in [9.17, 15) is 4.79 Å². The molecule has 0 aliphatic carbocycles. The number of rotatable bonds is 6. The summed E-state index contributed by atoms with van der Waals surface area (Å²) >= 11 is 0. The Morgan fingerprint density at radius 1 is 1.14 bits per heavy atom. The van der Waals surface area contributed by atoms with Crippen molar-refractivity contribution >= 4 is 5.91 Å². The molecule has 116 valence electrons. The molecule has 0 aliphatic heterocycles. The molecule has 2 rings (SSSR count). The molecule has 1 unspecified atom stereocenters. The lowest BCUT2D eigenvalue weighted by Gasteiger charge is -2.15. The highest BCUT2D eigenvalue weighted by Crippen LogP contribution is 2.17. The minimum atomic E-state index is -0.0884. The molecule has 1 amide bonds. The van der Waals surface area contributed by atoms with Crippen LogP contribution in [-0.4, -0.2) is 25.7 Å². The maximum absolute atomic E-state index is 12.1. The number of carbonyl (C=O) groups is 1. The number of methoxy groups -OCH3 is 1. The average molecular weight is 299 g/mol. The average Bonchev–Trinajstić information content (AvgIpc) is 2.53. The lowest BCUT2D eigenvalue weighted by atomic mass is 10.1. The highest BCUT2D eigenvalue weighted by Gasteiger charge is 2.10. The summed E-state index contributed by atoms with van der Waals surface area (Å²) in [4.78, 5) is 12.1. The molecular weight excluding hydrogens is 278 g/mol. The summed E-state index contributed by atoms with van der Waals surface area (Å²) in [5.41, 5.74) is 1.73.